The summed E-state index contributed by atoms with van der Waals surface area (Å²) in [4.78, 5) is 15.5. The van der Waals surface area contributed by atoms with Crippen molar-refractivity contribution in [3.63, 3.8) is 0 Å². The topological polar surface area (TPSA) is 112 Å². The van der Waals surface area contributed by atoms with E-state index in [1.807, 2.05) is 0 Å². The minimum Gasteiger partial charge on any atom is -0.268 e. The van der Waals surface area contributed by atoms with Crippen LogP contribution < -0.4 is 10.3 Å². The molecule has 0 saturated carbocycles. The van der Waals surface area contributed by atoms with Crippen LogP contribution in [0.5, 0.6) is 0 Å². The molecule has 0 aliphatic rings. The van der Waals surface area contributed by atoms with Gasteiger partial charge in [-0.1, -0.05) is 6.92 Å². The molecule has 0 unspecified atom stereocenters. The van der Waals surface area contributed by atoms with Gasteiger partial charge < -0.3 is 0 Å². The van der Waals surface area contributed by atoms with Gasteiger partial charge in [-0.25, -0.2) is 27.5 Å². The molecule has 9 nitrogen and oxygen atoms in total. The van der Waals surface area contributed by atoms with Crippen LogP contribution in [-0.4, -0.2) is 45.3 Å². The second-order valence-corrected chi connectivity index (χ2v) is 6.23. The lowest BCUT2D eigenvalue weighted by molar-refractivity contribution is 0.541. The van der Waals surface area contributed by atoms with Crippen LogP contribution in [0.3, 0.4) is 0 Å². The minimum atomic E-state index is -3.29. The highest BCUT2D eigenvalue weighted by Crippen LogP contribution is 1.96. The molecule has 0 aliphatic carbocycles. The summed E-state index contributed by atoms with van der Waals surface area (Å²) in [5, 5.41) is 8.03. The summed E-state index contributed by atoms with van der Waals surface area (Å²) >= 11 is 0. The number of rotatable bonds is 7. The summed E-state index contributed by atoms with van der Waals surface area (Å²) in [6, 6.07) is 2.87. The molecule has 0 fully saturated rings. The van der Waals surface area contributed by atoms with Crippen LogP contribution in [0.15, 0.2) is 29.6 Å². The lowest BCUT2D eigenvalue weighted by atomic mass is 10.5. The Balaban J connectivity index is 2.07. The van der Waals surface area contributed by atoms with Crippen molar-refractivity contribution in [2.24, 2.45) is 0 Å². The average Bonchev–Trinajstić information content (AvgIpc) is 2.94. The molecule has 21 heavy (non-hydrogen) atoms. The summed E-state index contributed by atoms with van der Waals surface area (Å²) in [6.07, 6.45) is 3.35. The zero-order valence-corrected chi connectivity index (χ0v) is 12.3. The molecule has 114 valence electrons. The van der Waals surface area contributed by atoms with E-state index in [0.29, 0.717) is 12.2 Å². The molecule has 0 amide bonds. The van der Waals surface area contributed by atoms with Gasteiger partial charge in [-0.15, -0.1) is 5.10 Å². The van der Waals surface area contributed by atoms with E-state index < -0.39 is 10.0 Å². The number of hydrogen-bond acceptors (Lipinski definition) is 6. The molecule has 2 aromatic rings. The van der Waals surface area contributed by atoms with Crippen LogP contribution in [0.2, 0.25) is 0 Å². The van der Waals surface area contributed by atoms with E-state index in [-0.39, 0.29) is 24.4 Å². The summed E-state index contributed by atoms with van der Waals surface area (Å²) < 4.78 is 28.1. The van der Waals surface area contributed by atoms with Crippen molar-refractivity contribution in [2.45, 2.75) is 19.9 Å². The average molecular weight is 312 g/mol. The Labute approximate surface area is 121 Å². The molecule has 2 aromatic heterocycles. The first-order valence-electron chi connectivity index (χ1n) is 6.42. The van der Waals surface area contributed by atoms with Crippen molar-refractivity contribution >= 4 is 10.0 Å². The van der Waals surface area contributed by atoms with Gasteiger partial charge in [0.1, 0.15) is 12.7 Å². The normalized spacial score (nSPS) is 11.7. The van der Waals surface area contributed by atoms with E-state index in [4.69, 9.17) is 0 Å². The Bertz CT molecular complexity index is 738. The lowest BCUT2D eigenvalue weighted by Gasteiger charge is -2.08. The van der Waals surface area contributed by atoms with E-state index in [2.05, 4.69) is 19.9 Å². The molecular formula is C11H16N6O3S. The molecule has 2 heterocycles. The maximum atomic E-state index is 11.7. The molecule has 0 spiro atoms. The largest absolute Gasteiger partial charge is 0.268 e. The molecule has 0 aliphatic heterocycles. The van der Waals surface area contributed by atoms with Crippen molar-refractivity contribution in [1.29, 1.82) is 0 Å². The Morgan fingerprint density at radius 3 is 2.81 bits per heavy atom. The van der Waals surface area contributed by atoms with Gasteiger partial charge in [-0.2, -0.15) is 5.10 Å². The van der Waals surface area contributed by atoms with Crippen molar-refractivity contribution in [3.8, 4) is 5.82 Å². The first-order valence-corrected chi connectivity index (χ1v) is 8.07. The summed E-state index contributed by atoms with van der Waals surface area (Å²) in [7, 11) is -3.29. The molecule has 0 radical (unpaired) electrons. The first kappa shape index (κ1) is 15.3. The van der Waals surface area contributed by atoms with Crippen LogP contribution in [0, 0.1) is 0 Å². The molecule has 1 N–H and O–H groups in total. The van der Waals surface area contributed by atoms with Gasteiger partial charge in [0, 0.05) is 12.6 Å². The van der Waals surface area contributed by atoms with Gasteiger partial charge in [-0.3, -0.25) is 4.79 Å². The third-order valence-corrected chi connectivity index (χ3v) is 4.21. The second-order valence-electron chi connectivity index (χ2n) is 4.31. The number of sulfonamides is 1. The number of nitrogens with one attached hydrogen (secondary N) is 1. The minimum absolute atomic E-state index is 0.0638. The van der Waals surface area contributed by atoms with Crippen molar-refractivity contribution in [1.82, 2.24) is 29.3 Å². The van der Waals surface area contributed by atoms with E-state index in [1.54, 1.807) is 6.92 Å². The number of nitrogens with zero attached hydrogens (tertiary/aromatic N) is 5. The Morgan fingerprint density at radius 1 is 1.33 bits per heavy atom. The highest BCUT2D eigenvalue weighted by atomic mass is 32.2. The van der Waals surface area contributed by atoms with E-state index in [9.17, 15) is 13.2 Å². The Kier molecular flexibility index (Phi) is 4.81. The summed E-state index contributed by atoms with van der Waals surface area (Å²) in [5.74, 6) is 0.498. The van der Waals surface area contributed by atoms with Crippen molar-refractivity contribution < 1.29 is 8.42 Å². The maximum absolute atomic E-state index is 11.7. The van der Waals surface area contributed by atoms with Crippen LogP contribution in [-0.2, 0) is 16.6 Å². The smallest absolute Gasteiger partial charge is 0.266 e. The van der Waals surface area contributed by atoms with Gasteiger partial charge >= 0.3 is 0 Å². The zero-order valence-electron chi connectivity index (χ0n) is 11.5. The lowest BCUT2D eigenvalue weighted by Crippen LogP contribution is -2.33. The molecule has 0 atom stereocenters. The predicted octanol–water partition coefficient (Wildman–Crippen LogP) is -0.847. The quantitative estimate of drug-likeness (QED) is 0.713. The van der Waals surface area contributed by atoms with Gasteiger partial charge in [0.15, 0.2) is 5.82 Å². The molecular weight excluding hydrogens is 296 g/mol. The van der Waals surface area contributed by atoms with Gasteiger partial charge in [-0.05, 0) is 12.5 Å². The van der Waals surface area contributed by atoms with Gasteiger partial charge in [0.2, 0.25) is 10.0 Å². The molecule has 10 heteroatoms. The Hall–Kier alpha value is -2.07. The van der Waals surface area contributed by atoms with Crippen LogP contribution >= 0.6 is 0 Å². The zero-order chi connectivity index (χ0) is 15.3. The molecule has 0 saturated heterocycles. The van der Waals surface area contributed by atoms with E-state index in [0.717, 1.165) is 0 Å². The predicted molar refractivity (Wildman–Crippen MR) is 75.5 cm³/mol. The van der Waals surface area contributed by atoms with Gasteiger partial charge in [0.25, 0.3) is 5.56 Å². The Morgan fingerprint density at radius 2 is 2.14 bits per heavy atom. The van der Waals surface area contributed by atoms with E-state index in [1.165, 1.54) is 34.2 Å². The van der Waals surface area contributed by atoms with Gasteiger partial charge in [0.05, 0.1) is 12.3 Å². The van der Waals surface area contributed by atoms with Crippen LogP contribution in [0.1, 0.15) is 13.3 Å². The summed E-state index contributed by atoms with van der Waals surface area (Å²) in [6.45, 7) is 2.03. The monoisotopic (exact) mass is 312 g/mol. The fraction of sp³-hybridized carbons (Fsp3) is 0.455. The maximum Gasteiger partial charge on any atom is 0.266 e. The van der Waals surface area contributed by atoms with Crippen molar-refractivity contribution in [3.05, 3.63) is 35.1 Å². The second kappa shape index (κ2) is 6.59. The number of hydrogen-bond donors (Lipinski definition) is 1. The third-order valence-electron chi connectivity index (χ3n) is 2.62. The van der Waals surface area contributed by atoms with Crippen LogP contribution in [0.4, 0.5) is 0 Å². The summed E-state index contributed by atoms with van der Waals surface area (Å²) in [5.41, 5.74) is -0.312. The number of aromatic nitrogens is 5. The third kappa shape index (κ3) is 4.20. The SMILES string of the molecule is CCCS(=O)(=O)NCCn1nc(-n2cncn2)ccc1=O. The fourth-order valence-corrected chi connectivity index (χ4v) is 2.78. The molecule has 2 rings (SSSR count). The molecule has 0 aromatic carbocycles. The standard InChI is InChI=1S/C11H16N6O3S/c1-2-7-21(19,20)14-5-6-16-11(18)4-3-10(15-16)17-9-12-8-13-17/h3-4,8-9,14H,2,5-7H2,1H3. The fourth-order valence-electron chi connectivity index (χ4n) is 1.70. The van der Waals surface area contributed by atoms with Crippen molar-refractivity contribution in [2.75, 3.05) is 12.3 Å². The molecule has 0 bridgehead atoms. The van der Waals surface area contributed by atoms with E-state index >= 15 is 0 Å². The first-order chi connectivity index (χ1) is 10.0. The van der Waals surface area contributed by atoms with Crippen LogP contribution in [0.25, 0.3) is 5.82 Å². The highest BCUT2D eigenvalue weighted by Gasteiger charge is 2.08. The highest BCUT2D eigenvalue weighted by molar-refractivity contribution is 7.89.